The topological polar surface area (TPSA) is 38.3 Å². The number of carbonyl (C=O) groups is 1. The molecule has 100 valence electrons. The van der Waals surface area contributed by atoms with Gasteiger partial charge in [0.05, 0.1) is 6.61 Å². The number of hydrogen-bond acceptors (Lipinski definition) is 3. The molecule has 3 nitrogen and oxygen atoms in total. The Kier molecular flexibility index (Phi) is 5.86. The summed E-state index contributed by atoms with van der Waals surface area (Å²) in [6, 6.07) is 7.87. The number of hydrogen-bond donors (Lipinski definition) is 1. The van der Waals surface area contributed by atoms with Crippen molar-refractivity contribution in [2.75, 3.05) is 6.61 Å². The van der Waals surface area contributed by atoms with E-state index in [1.165, 1.54) is 5.56 Å². The van der Waals surface area contributed by atoms with Crippen LogP contribution in [0.1, 0.15) is 44.9 Å². The van der Waals surface area contributed by atoms with Crippen molar-refractivity contribution in [2.24, 2.45) is 0 Å². The van der Waals surface area contributed by atoms with E-state index in [9.17, 15) is 4.79 Å². The van der Waals surface area contributed by atoms with Gasteiger partial charge in [0.2, 0.25) is 0 Å². The fraction of sp³-hybridized carbons (Fsp3) is 0.533. The molecular formula is C15H23NO2. The van der Waals surface area contributed by atoms with Gasteiger partial charge in [-0.15, -0.1) is 0 Å². The first-order valence-electron chi connectivity index (χ1n) is 6.60. The molecule has 1 unspecified atom stereocenters. The van der Waals surface area contributed by atoms with Gasteiger partial charge >= 0.3 is 5.97 Å². The van der Waals surface area contributed by atoms with Gasteiger partial charge in [-0.3, -0.25) is 5.32 Å². The number of aryl methyl sites for hydroxylation is 1. The maximum atomic E-state index is 12.1. The van der Waals surface area contributed by atoms with Crippen LogP contribution in [0.15, 0.2) is 24.3 Å². The lowest BCUT2D eigenvalue weighted by Crippen LogP contribution is -2.35. The minimum atomic E-state index is -0.374. The molecule has 0 spiro atoms. The second kappa shape index (κ2) is 7.17. The van der Waals surface area contributed by atoms with Crippen molar-refractivity contribution >= 4 is 5.97 Å². The second-order valence-corrected chi connectivity index (χ2v) is 4.56. The highest BCUT2D eigenvalue weighted by atomic mass is 16.5. The molecule has 1 N–H and O–H groups in total. The Bertz CT molecular complexity index is 388. The predicted molar refractivity (Wildman–Crippen MR) is 73.5 cm³/mol. The summed E-state index contributed by atoms with van der Waals surface area (Å²) < 4.78 is 5.16. The van der Waals surface area contributed by atoms with Crippen LogP contribution >= 0.6 is 0 Å². The molecular weight excluding hydrogens is 226 g/mol. The van der Waals surface area contributed by atoms with E-state index in [-0.39, 0.29) is 18.1 Å². The zero-order chi connectivity index (χ0) is 13.5. The lowest BCUT2D eigenvalue weighted by Gasteiger charge is -2.22. The molecule has 1 aromatic carbocycles. The van der Waals surface area contributed by atoms with E-state index in [2.05, 4.69) is 18.3 Å². The lowest BCUT2D eigenvalue weighted by atomic mass is 9.98. The SMILES string of the molecule is CCOC(=O)C(NC(C)C)c1ccccc1CC. The van der Waals surface area contributed by atoms with Crippen molar-refractivity contribution in [3.8, 4) is 0 Å². The molecule has 1 aromatic rings. The van der Waals surface area contributed by atoms with Gasteiger partial charge < -0.3 is 4.74 Å². The summed E-state index contributed by atoms with van der Waals surface area (Å²) in [6.07, 6.45) is 0.909. The number of carbonyl (C=O) groups excluding carboxylic acids is 1. The highest BCUT2D eigenvalue weighted by molar-refractivity contribution is 5.78. The third-order valence-corrected chi connectivity index (χ3v) is 2.77. The van der Waals surface area contributed by atoms with E-state index >= 15 is 0 Å². The highest BCUT2D eigenvalue weighted by Crippen LogP contribution is 2.20. The molecule has 0 radical (unpaired) electrons. The fourth-order valence-electron chi connectivity index (χ4n) is 1.98. The largest absolute Gasteiger partial charge is 0.465 e. The van der Waals surface area contributed by atoms with Gasteiger partial charge in [-0.25, -0.2) is 4.79 Å². The summed E-state index contributed by atoms with van der Waals surface area (Å²) in [4.78, 5) is 12.1. The highest BCUT2D eigenvalue weighted by Gasteiger charge is 2.24. The van der Waals surface area contributed by atoms with Gasteiger partial charge in [-0.2, -0.15) is 0 Å². The average molecular weight is 249 g/mol. The molecule has 0 fully saturated rings. The van der Waals surface area contributed by atoms with Crippen LogP contribution in [0.2, 0.25) is 0 Å². The van der Waals surface area contributed by atoms with Crippen molar-refractivity contribution in [3.63, 3.8) is 0 Å². The zero-order valence-corrected chi connectivity index (χ0v) is 11.7. The van der Waals surface area contributed by atoms with Crippen molar-refractivity contribution in [2.45, 2.75) is 46.2 Å². The molecule has 1 rings (SSSR count). The number of benzene rings is 1. The molecule has 0 aliphatic heterocycles. The van der Waals surface area contributed by atoms with Gasteiger partial charge in [0.25, 0.3) is 0 Å². The van der Waals surface area contributed by atoms with E-state index < -0.39 is 0 Å². The molecule has 0 saturated carbocycles. The molecule has 0 bridgehead atoms. The Balaban J connectivity index is 3.04. The normalized spacial score (nSPS) is 12.5. The minimum Gasteiger partial charge on any atom is -0.465 e. The minimum absolute atomic E-state index is 0.202. The van der Waals surface area contributed by atoms with Crippen LogP contribution in [0, 0.1) is 0 Å². The molecule has 0 aliphatic rings. The summed E-state index contributed by atoms with van der Waals surface area (Å²) in [5.74, 6) is -0.202. The smallest absolute Gasteiger partial charge is 0.327 e. The molecule has 0 heterocycles. The third-order valence-electron chi connectivity index (χ3n) is 2.77. The van der Waals surface area contributed by atoms with E-state index in [0.29, 0.717) is 6.61 Å². The first-order valence-corrected chi connectivity index (χ1v) is 6.60. The monoisotopic (exact) mass is 249 g/mol. The van der Waals surface area contributed by atoms with Crippen molar-refractivity contribution in [3.05, 3.63) is 35.4 Å². The Labute approximate surface area is 110 Å². The Morgan fingerprint density at radius 1 is 1.28 bits per heavy atom. The van der Waals surface area contributed by atoms with Gasteiger partial charge in [0.1, 0.15) is 6.04 Å². The molecule has 0 aliphatic carbocycles. The zero-order valence-electron chi connectivity index (χ0n) is 11.7. The molecule has 3 heteroatoms. The van der Waals surface area contributed by atoms with Crippen molar-refractivity contribution in [1.82, 2.24) is 5.32 Å². The fourth-order valence-corrected chi connectivity index (χ4v) is 1.98. The predicted octanol–water partition coefficient (Wildman–Crippen LogP) is 2.85. The maximum absolute atomic E-state index is 12.1. The summed E-state index contributed by atoms with van der Waals surface area (Å²) >= 11 is 0. The van der Waals surface area contributed by atoms with E-state index in [1.54, 1.807) is 0 Å². The summed E-state index contributed by atoms with van der Waals surface area (Å²) in [7, 11) is 0. The summed E-state index contributed by atoms with van der Waals surface area (Å²) in [5.41, 5.74) is 2.20. The van der Waals surface area contributed by atoms with E-state index in [1.807, 2.05) is 39.0 Å². The first kappa shape index (κ1) is 14.7. The van der Waals surface area contributed by atoms with Gasteiger partial charge in [-0.1, -0.05) is 31.2 Å². The standard InChI is InChI=1S/C15H23NO2/c1-5-12-9-7-8-10-13(12)14(16-11(3)4)15(17)18-6-2/h7-11,14,16H,5-6H2,1-4H3. The molecule has 18 heavy (non-hydrogen) atoms. The summed E-state index contributed by atoms with van der Waals surface area (Å²) in [6.45, 7) is 8.39. The number of ether oxygens (including phenoxy) is 1. The molecule has 0 saturated heterocycles. The summed E-state index contributed by atoms with van der Waals surface area (Å²) in [5, 5.41) is 3.28. The number of nitrogens with one attached hydrogen (secondary N) is 1. The van der Waals surface area contributed by atoms with Crippen molar-refractivity contribution < 1.29 is 9.53 Å². The molecule has 0 aromatic heterocycles. The Morgan fingerprint density at radius 2 is 1.94 bits per heavy atom. The van der Waals surface area contributed by atoms with Crippen LogP contribution < -0.4 is 5.32 Å². The quantitative estimate of drug-likeness (QED) is 0.788. The van der Waals surface area contributed by atoms with Gasteiger partial charge in [0.15, 0.2) is 0 Å². The second-order valence-electron chi connectivity index (χ2n) is 4.56. The van der Waals surface area contributed by atoms with E-state index in [0.717, 1.165) is 12.0 Å². The van der Waals surface area contributed by atoms with Crippen LogP contribution in [0.25, 0.3) is 0 Å². The van der Waals surface area contributed by atoms with Crippen LogP contribution in [0.4, 0.5) is 0 Å². The van der Waals surface area contributed by atoms with Gasteiger partial charge in [0, 0.05) is 6.04 Å². The van der Waals surface area contributed by atoms with Crippen molar-refractivity contribution in [1.29, 1.82) is 0 Å². The molecule has 0 amide bonds. The van der Waals surface area contributed by atoms with Gasteiger partial charge in [-0.05, 0) is 38.3 Å². The Hall–Kier alpha value is -1.35. The lowest BCUT2D eigenvalue weighted by molar-refractivity contribution is -0.146. The average Bonchev–Trinajstić information content (AvgIpc) is 2.36. The third kappa shape index (κ3) is 3.84. The molecule has 1 atom stereocenters. The van der Waals surface area contributed by atoms with Crippen LogP contribution in [0.5, 0.6) is 0 Å². The first-order chi connectivity index (χ1) is 8.60. The Morgan fingerprint density at radius 3 is 2.50 bits per heavy atom. The number of rotatable bonds is 6. The van der Waals surface area contributed by atoms with E-state index in [4.69, 9.17) is 4.74 Å². The van der Waals surface area contributed by atoms with Crippen LogP contribution in [-0.2, 0) is 16.0 Å². The van der Waals surface area contributed by atoms with Crippen LogP contribution in [-0.4, -0.2) is 18.6 Å². The van der Waals surface area contributed by atoms with Crippen LogP contribution in [0.3, 0.4) is 0 Å². The number of esters is 1. The maximum Gasteiger partial charge on any atom is 0.327 e.